The van der Waals surface area contributed by atoms with E-state index in [0.717, 1.165) is 6.54 Å². The summed E-state index contributed by atoms with van der Waals surface area (Å²) in [7, 11) is 0. The molecular formula is C20H19N. The molecule has 0 atom stereocenters. The summed E-state index contributed by atoms with van der Waals surface area (Å²) in [6.07, 6.45) is 0. The normalized spacial score (nSPS) is 10.3. The monoisotopic (exact) mass is 273 g/mol. The predicted molar refractivity (Wildman–Crippen MR) is 89.9 cm³/mol. The van der Waals surface area contributed by atoms with Crippen LogP contribution in [0.25, 0.3) is 0 Å². The van der Waals surface area contributed by atoms with E-state index in [4.69, 9.17) is 0 Å². The van der Waals surface area contributed by atoms with E-state index >= 15 is 0 Å². The van der Waals surface area contributed by atoms with E-state index in [2.05, 4.69) is 96.8 Å². The molecule has 104 valence electrons. The second-order valence-electron chi connectivity index (χ2n) is 5.18. The Bertz CT molecular complexity index is 650. The molecule has 0 amide bonds. The second-order valence-corrected chi connectivity index (χ2v) is 5.18. The van der Waals surface area contributed by atoms with Gasteiger partial charge in [-0.2, -0.15) is 0 Å². The maximum atomic E-state index is 2.35. The lowest BCUT2D eigenvalue weighted by Crippen LogP contribution is -2.16. The van der Waals surface area contributed by atoms with Gasteiger partial charge in [-0.25, -0.2) is 0 Å². The Morgan fingerprint density at radius 3 is 1.62 bits per heavy atom. The van der Waals surface area contributed by atoms with Crippen LogP contribution in [0.15, 0.2) is 84.9 Å². The van der Waals surface area contributed by atoms with Crippen LogP contribution in [0, 0.1) is 6.92 Å². The molecule has 0 radical (unpaired) electrons. The van der Waals surface area contributed by atoms with E-state index in [1.54, 1.807) is 0 Å². The summed E-state index contributed by atoms with van der Waals surface area (Å²) in [5.74, 6) is 0. The van der Waals surface area contributed by atoms with Crippen LogP contribution >= 0.6 is 0 Å². The van der Waals surface area contributed by atoms with Gasteiger partial charge >= 0.3 is 0 Å². The van der Waals surface area contributed by atoms with Crippen molar-refractivity contribution in [1.29, 1.82) is 0 Å². The first-order chi connectivity index (χ1) is 10.3. The highest BCUT2D eigenvalue weighted by Gasteiger charge is 2.10. The van der Waals surface area contributed by atoms with Crippen LogP contribution in [0.4, 0.5) is 11.4 Å². The van der Waals surface area contributed by atoms with E-state index in [-0.39, 0.29) is 0 Å². The number of rotatable bonds is 4. The minimum atomic E-state index is 0.876. The molecule has 0 N–H and O–H groups in total. The lowest BCUT2D eigenvalue weighted by Gasteiger charge is -2.26. The smallest absolute Gasteiger partial charge is 0.0484 e. The quantitative estimate of drug-likeness (QED) is 0.620. The summed E-state index contributed by atoms with van der Waals surface area (Å²) < 4.78 is 0. The molecule has 0 aliphatic carbocycles. The van der Waals surface area contributed by atoms with Gasteiger partial charge in [0.1, 0.15) is 0 Å². The molecule has 0 spiro atoms. The minimum absolute atomic E-state index is 0.876. The zero-order valence-electron chi connectivity index (χ0n) is 12.2. The molecule has 0 unspecified atom stereocenters. The highest BCUT2D eigenvalue weighted by atomic mass is 15.1. The second kappa shape index (κ2) is 6.27. The van der Waals surface area contributed by atoms with Gasteiger partial charge in [-0.15, -0.1) is 0 Å². The molecule has 0 bridgehead atoms. The molecule has 0 aromatic heterocycles. The first kappa shape index (κ1) is 13.4. The van der Waals surface area contributed by atoms with Gasteiger partial charge in [-0.3, -0.25) is 0 Å². The Morgan fingerprint density at radius 1 is 0.619 bits per heavy atom. The van der Waals surface area contributed by atoms with Gasteiger partial charge in [0, 0.05) is 17.9 Å². The number of hydrogen-bond donors (Lipinski definition) is 0. The van der Waals surface area contributed by atoms with Crippen molar-refractivity contribution >= 4 is 11.4 Å². The van der Waals surface area contributed by atoms with E-state index in [1.165, 1.54) is 22.5 Å². The van der Waals surface area contributed by atoms with Gasteiger partial charge < -0.3 is 4.90 Å². The molecule has 1 nitrogen and oxygen atoms in total. The lowest BCUT2D eigenvalue weighted by molar-refractivity contribution is 0.964. The van der Waals surface area contributed by atoms with E-state index in [1.807, 2.05) is 0 Å². The first-order valence-corrected chi connectivity index (χ1v) is 7.27. The molecule has 21 heavy (non-hydrogen) atoms. The fourth-order valence-corrected chi connectivity index (χ4v) is 2.51. The van der Waals surface area contributed by atoms with Gasteiger partial charge in [0.05, 0.1) is 0 Å². The van der Waals surface area contributed by atoms with Gasteiger partial charge in [-0.1, -0.05) is 60.7 Å². The van der Waals surface area contributed by atoms with Crippen molar-refractivity contribution < 1.29 is 0 Å². The molecule has 0 aliphatic heterocycles. The van der Waals surface area contributed by atoms with Crippen molar-refractivity contribution in [3.05, 3.63) is 96.1 Å². The fourth-order valence-electron chi connectivity index (χ4n) is 2.51. The molecule has 3 rings (SSSR count). The zero-order chi connectivity index (χ0) is 14.5. The Hall–Kier alpha value is -2.54. The van der Waals surface area contributed by atoms with Crippen molar-refractivity contribution in [3.8, 4) is 0 Å². The van der Waals surface area contributed by atoms with Crippen LogP contribution < -0.4 is 4.90 Å². The standard InChI is InChI=1S/C20H19N/c1-17-10-8-9-11-18(17)16-21(19-12-4-2-5-13-19)20-14-6-3-7-15-20/h2-15H,16H2,1H3. The van der Waals surface area contributed by atoms with Gasteiger partial charge in [-0.05, 0) is 42.3 Å². The number of hydrogen-bond acceptors (Lipinski definition) is 1. The average Bonchev–Trinajstić information content (AvgIpc) is 2.56. The zero-order valence-corrected chi connectivity index (χ0v) is 12.2. The summed E-state index contributed by atoms with van der Waals surface area (Å²) in [6, 6.07) is 29.7. The molecule has 0 fully saturated rings. The summed E-state index contributed by atoms with van der Waals surface area (Å²) in [4.78, 5) is 2.35. The maximum absolute atomic E-state index is 2.35. The van der Waals surface area contributed by atoms with Crippen LogP contribution in [-0.2, 0) is 6.54 Å². The van der Waals surface area contributed by atoms with Gasteiger partial charge in [0.2, 0.25) is 0 Å². The third kappa shape index (κ3) is 3.14. The molecule has 0 saturated heterocycles. The average molecular weight is 273 g/mol. The Morgan fingerprint density at radius 2 is 1.10 bits per heavy atom. The predicted octanol–water partition coefficient (Wildman–Crippen LogP) is 5.33. The lowest BCUT2D eigenvalue weighted by atomic mass is 10.1. The Labute approximate surface area is 126 Å². The SMILES string of the molecule is Cc1ccccc1CN(c1ccccc1)c1ccccc1. The summed E-state index contributed by atoms with van der Waals surface area (Å²) in [5.41, 5.74) is 5.11. The van der Waals surface area contributed by atoms with Crippen LogP contribution in [0.2, 0.25) is 0 Å². The number of aryl methyl sites for hydroxylation is 1. The van der Waals surface area contributed by atoms with Crippen molar-refractivity contribution in [2.75, 3.05) is 4.90 Å². The summed E-state index contributed by atoms with van der Waals surface area (Å²) in [6.45, 7) is 3.05. The maximum Gasteiger partial charge on any atom is 0.0484 e. The number of para-hydroxylation sites is 2. The van der Waals surface area contributed by atoms with E-state index in [0.29, 0.717) is 0 Å². The molecular weight excluding hydrogens is 254 g/mol. The molecule has 1 heteroatoms. The van der Waals surface area contributed by atoms with Crippen molar-refractivity contribution in [1.82, 2.24) is 0 Å². The number of anilines is 2. The largest absolute Gasteiger partial charge is 0.337 e. The molecule has 0 aliphatic rings. The van der Waals surface area contributed by atoms with Gasteiger partial charge in [0.25, 0.3) is 0 Å². The third-order valence-electron chi connectivity index (χ3n) is 3.73. The van der Waals surface area contributed by atoms with Crippen LogP contribution in [0.1, 0.15) is 11.1 Å². The first-order valence-electron chi connectivity index (χ1n) is 7.27. The Balaban J connectivity index is 1.99. The number of benzene rings is 3. The fraction of sp³-hybridized carbons (Fsp3) is 0.100. The summed E-state index contributed by atoms with van der Waals surface area (Å²) in [5, 5.41) is 0. The van der Waals surface area contributed by atoms with E-state index < -0.39 is 0 Å². The van der Waals surface area contributed by atoms with Gasteiger partial charge in [0.15, 0.2) is 0 Å². The van der Waals surface area contributed by atoms with E-state index in [9.17, 15) is 0 Å². The van der Waals surface area contributed by atoms with Crippen LogP contribution in [-0.4, -0.2) is 0 Å². The topological polar surface area (TPSA) is 3.24 Å². The molecule has 3 aromatic rings. The summed E-state index contributed by atoms with van der Waals surface area (Å²) >= 11 is 0. The van der Waals surface area contributed by atoms with Crippen LogP contribution in [0.3, 0.4) is 0 Å². The molecule has 3 aromatic carbocycles. The van der Waals surface area contributed by atoms with Crippen molar-refractivity contribution in [2.45, 2.75) is 13.5 Å². The van der Waals surface area contributed by atoms with Crippen molar-refractivity contribution in [2.24, 2.45) is 0 Å². The molecule has 0 heterocycles. The highest BCUT2D eigenvalue weighted by molar-refractivity contribution is 5.63. The minimum Gasteiger partial charge on any atom is -0.337 e. The number of nitrogens with zero attached hydrogens (tertiary/aromatic N) is 1. The van der Waals surface area contributed by atoms with Crippen molar-refractivity contribution in [3.63, 3.8) is 0 Å². The third-order valence-corrected chi connectivity index (χ3v) is 3.73. The Kier molecular flexibility index (Phi) is 4.02. The van der Waals surface area contributed by atoms with Crippen LogP contribution in [0.5, 0.6) is 0 Å². The molecule has 0 saturated carbocycles. The highest BCUT2D eigenvalue weighted by Crippen LogP contribution is 2.27.